The highest BCUT2D eigenvalue weighted by Crippen LogP contribution is 2.45. The Labute approximate surface area is 108 Å². The van der Waals surface area contributed by atoms with Crippen LogP contribution in [0.3, 0.4) is 0 Å². The molecule has 0 saturated carbocycles. The Bertz CT molecular complexity index is 440. The highest BCUT2D eigenvalue weighted by molar-refractivity contribution is 5.45. The first-order valence-electron chi connectivity index (χ1n) is 4.88. The third-order valence-corrected chi connectivity index (χ3v) is 2.05. The fourth-order valence-corrected chi connectivity index (χ4v) is 1.25. The summed E-state index contributed by atoms with van der Waals surface area (Å²) in [5.74, 6) is 0. The molecule has 9 heteroatoms. The van der Waals surface area contributed by atoms with Crippen LogP contribution in [-0.4, -0.2) is 18.5 Å². The molecule has 116 valence electrons. The maximum Gasteiger partial charge on any atom is 0.417 e. The molecule has 20 heavy (non-hydrogen) atoms. The summed E-state index contributed by atoms with van der Waals surface area (Å²) in [6.07, 6.45) is -17.0. The Kier molecular flexibility index (Phi) is 5.14. The van der Waals surface area contributed by atoms with Crippen LogP contribution in [0.2, 0.25) is 0 Å². The van der Waals surface area contributed by atoms with Crippen molar-refractivity contribution in [2.24, 2.45) is 0 Å². The number of allylic oxidation sites excluding steroid dienone is 5. The van der Waals surface area contributed by atoms with Gasteiger partial charge in [0.15, 0.2) is 0 Å². The highest BCUT2D eigenvalue weighted by atomic mass is 19.4. The molecule has 0 aliphatic rings. The second kappa shape index (κ2) is 5.53. The average molecular weight is 312 g/mol. The number of hydrogen-bond acceptors (Lipinski definition) is 0. The van der Waals surface area contributed by atoms with Gasteiger partial charge in [0.25, 0.3) is 0 Å². The first-order chi connectivity index (χ1) is 8.58. The van der Waals surface area contributed by atoms with Crippen molar-refractivity contribution in [1.29, 1.82) is 0 Å². The van der Waals surface area contributed by atoms with Crippen molar-refractivity contribution < 1.29 is 39.5 Å². The van der Waals surface area contributed by atoms with Crippen LogP contribution in [0, 0.1) is 0 Å². The molecule has 0 heterocycles. The van der Waals surface area contributed by atoms with Crippen molar-refractivity contribution in [3.8, 4) is 0 Å². The molecular weight excluding hydrogens is 303 g/mol. The van der Waals surface area contributed by atoms with Gasteiger partial charge < -0.3 is 0 Å². The monoisotopic (exact) mass is 312 g/mol. The molecule has 0 aliphatic carbocycles. The third-order valence-electron chi connectivity index (χ3n) is 2.05. The number of halogens is 9. The largest absolute Gasteiger partial charge is 0.417 e. The maximum absolute atomic E-state index is 12.6. The Balaban J connectivity index is 6.49. The van der Waals surface area contributed by atoms with Crippen LogP contribution in [0.25, 0.3) is 0 Å². The Morgan fingerprint density at radius 2 is 1.15 bits per heavy atom. The van der Waals surface area contributed by atoms with E-state index in [9.17, 15) is 39.5 Å². The van der Waals surface area contributed by atoms with Crippen molar-refractivity contribution in [3.63, 3.8) is 0 Å². The zero-order chi connectivity index (χ0) is 16.5. The second-order valence-corrected chi connectivity index (χ2v) is 3.90. The van der Waals surface area contributed by atoms with Gasteiger partial charge in [-0.05, 0) is 19.9 Å². The van der Waals surface area contributed by atoms with Gasteiger partial charge in [-0.2, -0.15) is 39.5 Å². The van der Waals surface area contributed by atoms with Crippen LogP contribution in [0.15, 0.2) is 34.9 Å². The van der Waals surface area contributed by atoms with E-state index in [0.29, 0.717) is 0 Å². The minimum absolute atomic E-state index is 0.0547. The molecule has 0 aromatic carbocycles. The molecule has 0 aliphatic heterocycles. The Hall–Kier alpha value is -1.41. The summed E-state index contributed by atoms with van der Waals surface area (Å²) >= 11 is 0. The molecule has 0 aromatic rings. The van der Waals surface area contributed by atoms with Gasteiger partial charge >= 0.3 is 18.5 Å². The molecule has 0 atom stereocenters. The summed E-state index contributed by atoms with van der Waals surface area (Å²) in [5, 5.41) is 0. The zero-order valence-corrected chi connectivity index (χ0v) is 10.2. The molecule has 0 spiro atoms. The van der Waals surface area contributed by atoms with E-state index >= 15 is 0 Å². The van der Waals surface area contributed by atoms with E-state index in [1.54, 1.807) is 0 Å². The van der Waals surface area contributed by atoms with E-state index < -0.39 is 40.8 Å². The number of hydrogen-bond donors (Lipinski definition) is 0. The van der Waals surface area contributed by atoms with Crippen molar-refractivity contribution in [2.75, 3.05) is 0 Å². The zero-order valence-electron chi connectivity index (χ0n) is 10.2. The van der Waals surface area contributed by atoms with E-state index in [-0.39, 0.29) is 13.0 Å². The standard InChI is InChI=1S/C11H9F9/c1-5(2)4-7(10(15,16)17)8(11(18,19)20)6(3)9(12,13)14/h4H,1H2,2-3H3/b7-4+,8-6-. The first-order valence-corrected chi connectivity index (χ1v) is 4.88. The summed E-state index contributed by atoms with van der Waals surface area (Å²) in [5.41, 5.74) is -8.02. The van der Waals surface area contributed by atoms with Gasteiger partial charge in [-0.3, -0.25) is 0 Å². The summed E-state index contributed by atoms with van der Waals surface area (Å²) in [6, 6.07) is 0. The van der Waals surface area contributed by atoms with Gasteiger partial charge in [-0.25, -0.2) is 0 Å². The van der Waals surface area contributed by atoms with Crippen molar-refractivity contribution in [3.05, 3.63) is 34.9 Å². The van der Waals surface area contributed by atoms with Crippen LogP contribution in [0.4, 0.5) is 39.5 Å². The van der Waals surface area contributed by atoms with Crippen LogP contribution >= 0.6 is 0 Å². The second-order valence-electron chi connectivity index (χ2n) is 3.90. The topological polar surface area (TPSA) is 0 Å². The normalized spacial score (nSPS) is 16.1. The van der Waals surface area contributed by atoms with E-state index in [2.05, 4.69) is 6.58 Å². The van der Waals surface area contributed by atoms with Crippen molar-refractivity contribution >= 4 is 0 Å². The minimum Gasteiger partial charge on any atom is -0.166 e. The lowest BCUT2D eigenvalue weighted by Gasteiger charge is -2.22. The highest BCUT2D eigenvalue weighted by Gasteiger charge is 2.51. The predicted molar refractivity (Wildman–Crippen MR) is 53.8 cm³/mol. The van der Waals surface area contributed by atoms with Crippen LogP contribution < -0.4 is 0 Å². The van der Waals surface area contributed by atoms with Crippen LogP contribution in [0.5, 0.6) is 0 Å². The SMILES string of the molecule is C=C(C)/C=C(\C(=C(/C)C(F)(F)F)C(F)(F)F)C(F)(F)F. The van der Waals surface area contributed by atoms with Crippen LogP contribution in [0.1, 0.15) is 13.8 Å². The number of rotatable bonds is 2. The lowest BCUT2D eigenvalue weighted by Crippen LogP contribution is -2.28. The fraction of sp³-hybridized carbons (Fsp3) is 0.455. The predicted octanol–water partition coefficient (Wildman–Crippen LogP) is 5.49. The molecule has 0 saturated heterocycles. The smallest absolute Gasteiger partial charge is 0.166 e. The lowest BCUT2D eigenvalue weighted by molar-refractivity contribution is -0.128. The van der Waals surface area contributed by atoms with E-state index in [1.807, 2.05) is 0 Å². The van der Waals surface area contributed by atoms with E-state index in [0.717, 1.165) is 6.92 Å². The molecule has 0 nitrogen and oxygen atoms in total. The van der Waals surface area contributed by atoms with Crippen molar-refractivity contribution in [2.45, 2.75) is 32.4 Å². The van der Waals surface area contributed by atoms with Gasteiger partial charge in [0.05, 0.1) is 11.1 Å². The third kappa shape index (κ3) is 4.93. The lowest BCUT2D eigenvalue weighted by atomic mass is 9.97. The molecule has 0 N–H and O–H groups in total. The minimum atomic E-state index is -5.81. The molecule has 0 unspecified atom stereocenters. The molecule has 0 fully saturated rings. The number of alkyl halides is 9. The molecule has 0 rings (SSSR count). The quantitative estimate of drug-likeness (QED) is 0.467. The molecule has 0 bridgehead atoms. The first kappa shape index (κ1) is 18.6. The summed E-state index contributed by atoms with van der Waals surface area (Å²) < 4.78 is 113. The van der Waals surface area contributed by atoms with Gasteiger partial charge in [0, 0.05) is 5.57 Å². The average Bonchev–Trinajstić information content (AvgIpc) is 2.10. The maximum atomic E-state index is 12.6. The van der Waals surface area contributed by atoms with Gasteiger partial charge in [0.2, 0.25) is 0 Å². The van der Waals surface area contributed by atoms with E-state index in [1.165, 1.54) is 0 Å². The molecule has 0 radical (unpaired) electrons. The molecular formula is C11H9F9. The Morgan fingerprint density at radius 3 is 1.35 bits per heavy atom. The fourth-order valence-electron chi connectivity index (χ4n) is 1.25. The van der Waals surface area contributed by atoms with Gasteiger partial charge in [0.1, 0.15) is 0 Å². The molecule has 0 aromatic heterocycles. The molecule has 0 amide bonds. The summed E-state index contributed by atoms with van der Waals surface area (Å²) in [6.45, 7) is 3.83. The Morgan fingerprint density at radius 1 is 0.750 bits per heavy atom. The van der Waals surface area contributed by atoms with E-state index in [4.69, 9.17) is 0 Å². The van der Waals surface area contributed by atoms with Gasteiger partial charge in [-0.15, -0.1) is 0 Å². The van der Waals surface area contributed by atoms with Crippen LogP contribution in [-0.2, 0) is 0 Å². The van der Waals surface area contributed by atoms with Crippen molar-refractivity contribution in [1.82, 2.24) is 0 Å². The summed E-state index contributed by atoms with van der Waals surface area (Å²) in [7, 11) is 0. The van der Waals surface area contributed by atoms with Gasteiger partial charge in [-0.1, -0.05) is 12.2 Å². The summed E-state index contributed by atoms with van der Waals surface area (Å²) in [4.78, 5) is 0.